The van der Waals surface area contributed by atoms with E-state index >= 15 is 0 Å². The van der Waals surface area contributed by atoms with Crippen molar-refractivity contribution in [1.29, 1.82) is 0 Å². The van der Waals surface area contributed by atoms with Crippen molar-refractivity contribution in [2.45, 2.75) is 31.8 Å². The van der Waals surface area contributed by atoms with Crippen LogP contribution in [0.3, 0.4) is 0 Å². The molecule has 0 aromatic carbocycles. The molecule has 2 heterocycles. The van der Waals surface area contributed by atoms with Crippen LogP contribution in [-0.2, 0) is 4.74 Å². The molecule has 7 heteroatoms. The van der Waals surface area contributed by atoms with Crippen LogP contribution < -0.4 is 10.6 Å². The number of hydrogen-bond acceptors (Lipinski definition) is 5. The monoisotopic (exact) mass is 301 g/mol. The maximum absolute atomic E-state index is 13.7. The zero-order valence-electron chi connectivity index (χ0n) is 12.1. The van der Waals surface area contributed by atoms with E-state index in [-0.39, 0.29) is 18.2 Å². The van der Waals surface area contributed by atoms with Crippen LogP contribution in [0.4, 0.5) is 20.4 Å². The van der Waals surface area contributed by atoms with Crippen LogP contribution in [0.1, 0.15) is 26.2 Å². The van der Waals surface area contributed by atoms with E-state index in [1.807, 2.05) is 6.92 Å². The summed E-state index contributed by atoms with van der Waals surface area (Å²) in [7, 11) is 0. The standard InChI is InChI=1S/C14H21F2N3O2/c1-2-5-17-12-10(15)8-11(16)13(19-12)18-9-14(20)3-6-21-7-4-14/h8,20H,2-7,9H2,1H3,(H2,17,18,19). The molecule has 0 amide bonds. The average Bonchev–Trinajstić information content (AvgIpc) is 2.46. The summed E-state index contributed by atoms with van der Waals surface area (Å²) in [4.78, 5) is 3.91. The molecule has 5 nitrogen and oxygen atoms in total. The Hall–Kier alpha value is -1.47. The van der Waals surface area contributed by atoms with Gasteiger partial charge in [0.15, 0.2) is 23.3 Å². The van der Waals surface area contributed by atoms with Gasteiger partial charge in [0.1, 0.15) is 0 Å². The van der Waals surface area contributed by atoms with Gasteiger partial charge in [-0.25, -0.2) is 13.8 Å². The molecule has 0 atom stereocenters. The Labute approximate surface area is 122 Å². The van der Waals surface area contributed by atoms with Crippen molar-refractivity contribution in [3.05, 3.63) is 17.7 Å². The second kappa shape index (κ2) is 7.00. The Morgan fingerprint density at radius 3 is 2.48 bits per heavy atom. The molecule has 1 aliphatic rings. The molecule has 1 aromatic rings. The first kappa shape index (κ1) is 15.9. The number of anilines is 2. The Balaban J connectivity index is 2.04. The molecule has 21 heavy (non-hydrogen) atoms. The summed E-state index contributed by atoms with van der Waals surface area (Å²) in [5.41, 5.74) is -0.947. The summed E-state index contributed by atoms with van der Waals surface area (Å²) in [6.45, 7) is 3.59. The minimum absolute atomic E-state index is 0.0136. The van der Waals surface area contributed by atoms with Crippen molar-refractivity contribution in [1.82, 2.24) is 4.98 Å². The van der Waals surface area contributed by atoms with Gasteiger partial charge in [-0.1, -0.05) is 6.92 Å². The highest BCUT2D eigenvalue weighted by Gasteiger charge is 2.30. The van der Waals surface area contributed by atoms with Gasteiger partial charge in [0.25, 0.3) is 0 Å². The number of pyridine rings is 1. The maximum atomic E-state index is 13.7. The Morgan fingerprint density at radius 2 is 1.86 bits per heavy atom. The van der Waals surface area contributed by atoms with Crippen LogP contribution in [0.2, 0.25) is 0 Å². The van der Waals surface area contributed by atoms with Gasteiger partial charge in [0.2, 0.25) is 0 Å². The highest BCUT2D eigenvalue weighted by atomic mass is 19.1. The van der Waals surface area contributed by atoms with Gasteiger partial charge in [0, 0.05) is 45.2 Å². The summed E-state index contributed by atoms with van der Waals surface area (Å²) < 4.78 is 32.5. The molecule has 0 radical (unpaired) electrons. The minimum atomic E-state index is -0.947. The molecule has 118 valence electrons. The summed E-state index contributed by atoms with van der Waals surface area (Å²) in [6, 6.07) is 0.793. The highest BCUT2D eigenvalue weighted by molar-refractivity contribution is 5.47. The fraction of sp³-hybridized carbons (Fsp3) is 0.643. The number of rotatable bonds is 6. The number of aromatic nitrogens is 1. The summed E-state index contributed by atoms with van der Waals surface area (Å²) in [5.74, 6) is -1.55. The summed E-state index contributed by atoms with van der Waals surface area (Å²) in [5, 5.41) is 15.9. The lowest BCUT2D eigenvalue weighted by molar-refractivity contribution is -0.0544. The van der Waals surface area contributed by atoms with E-state index in [1.54, 1.807) is 0 Å². The van der Waals surface area contributed by atoms with E-state index in [2.05, 4.69) is 15.6 Å². The number of ether oxygens (including phenoxy) is 1. The molecular formula is C14H21F2N3O2. The van der Waals surface area contributed by atoms with Crippen molar-refractivity contribution < 1.29 is 18.6 Å². The average molecular weight is 301 g/mol. The number of aliphatic hydroxyl groups is 1. The van der Waals surface area contributed by atoms with Crippen molar-refractivity contribution in [2.24, 2.45) is 0 Å². The third-order valence-electron chi connectivity index (χ3n) is 3.48. The van der Waals surface area contributed by atoms with Crippen molar-refractivity contribution >= 4 is 11.6 Å². The quantitative estimate of drug-likeness (QED) is 0.751. The second-order valence-corrected chi connectivity index (χ2v) is 5.27. The highest BCUT2D eigenvalue weighted by Crippen LogP contribution is 2.23. The third kappa shape index (κ3) is 4.25. The maximum Gasteiger partial charge on any atom is 0.168 e. The number of nitrogens with zero attached hydrogens (tertiary/aromatic N) is 1. The largest absolute Gasteiger partial charge is 0.388 e. The van der Waals surface area contributed by atoms with Gasteiger partial charge in [-0.2, -0.15) is 0 Å². The van der Waals surface area contributed by atoms with E-state index in [9.17, 15) is 13.9 Å². The van der Waals surface area contributed by atoms with E-state index in [0.717, 1.165) is 12.5 Å². The molecule has 0 saturated carbocycles. The van der Waals surface area contributed by atoms with E-state index in [1.165, 1.54) is 0 Å². The molecule has 1 saturated heterocycles. The van der Waals surface area contributed by atoms with Crippen LogP contribution in [0.5, 0.6) is 0 Å². The first-order valence-electron chi connectivity index (χ1n) is 7.18. The van der Waals surface area contributed by atoms with Gasteiger partial charge >= 0.3 is 0 Å². The second-order valence-electron chi connectivity index (χ2n) is 5.27. The molecule has 0 unspecified atom stereocenters. The van der Waals surface area contributed by atoms with Crippen molar-refractivity contribution in [3.63, 3.8) is 0 Å². The number of halogens is 2. The number of nitrogens with one attached hydrogen (secondary N) is 2. The van der Waals surface area contributed by atoms with Crippen molar-refractivity contribution in [2.75, 3.05) is 36.9 Å². The Morgan fingerprint density at radius 1 is 1.24 bits per heavy atom. The van der Waals surface area contributed by atoms with Crippen LogP contribution in [0.25, 0.3) is 0 Å². The van der Waals surface area contributed by atoms with E-state index in [0.29, 0.717) is 32.6 Å². The zero-order valence-corrected chi connectivity index (χ0v) is 12.1. The first-order valence-corrected chi connectivity index (χ1v) is 7.18. The van der Waals surface area contributed by atoms with Crippen LogP contribution in [0, 0.1) is 11.6 Å². The fourth-order valence-corrected chi connectivity index (χ4v) is 2.13. The summed E-state index contributed by atoms with van der Waals surface area (Å²) in [6.07, 6.45) is 1.76. The van der Waals surface area contributed by atoms with Crippen LogP contribution >= 0.6 is 0 Å². The summed E-state index contributed by atoms with van der Waals surface area (Å²) >= 11 is 0. The van der Waals surface area contributed by atoms with Gasteiger partial charge in [-0.3, -0.25) is 0 Å². The predicted octanol–water partition coefficient (Wildman–Crippen LogP) is 2.14. The molecule has 3 N–H and O–H groups in total. The van der Waals surface area contributed by atoms with Crippen LogP contribution in [0.15, 0.2) is 6.07 Å². The van der Waals surface area contributed by atoms with Crippen LogP contribution in [-0.4, -0.2) is 42.0 Å². The minimum Gasteiger partial charge on any atom is -0.388 e. The molecule has 1 aliphatic heterocycles. The number of hydrogen-bond donors (Lipinski definition) is 3. The van der Waals surface area contributed by atoms with E-state index < -0.39 is 17.2 Å². The van der Waals surface area contributed by atoms with Gasteiger partial charge < -0.3 is 20.5 Å². The van der Waals surface area contributed by atoms with Crippen molar-refractivity contribution in [3.8, 4) is 0 Å². The Bertz CT molecular complexity index is 480. The molecule has 1 aromatic heterocycles. The predicted molar refractivity (Wildman–Crippen MR) is 76.4 cm³/mol. The molecule has 0 bridgehead atoms. The topological polar surface area (TPSA) is 66.4 Å². The molecule has 1 fully saturated rings. The SMILES string of the molecule is CCCNc1nc(NCC2(O)CCOCC2)c(F)cc1F. The lowest BCUT2D eigenvalue weighted by atomic mass is 9.94. The molecule has 0 spiro atoms. The third-order valence-corrected chi connectivity index (χ3v) is 3.48. The lowest BCUT2D eigenvalue weighted by Gasteiger charge is -2.32. The fourth-order valence-electron chi connectivity index (χ4n) is 2.13. The zero-order chi connectivity index (χ0) is 15.3. The molecular weight excluding hydrogens is 280 g/mol. The Kier molecular flexibility index (Phi) is 5.30. The normalized spacial score (nSPS) is 17.5. The van der Waals surface area contributed by atoms with Gasteiger partial charge in [-0.05, 0) is 6.42 Å². The van der Waals surface area contributed by atoms with Gasteiger partial charge in [0.05, 0.1) is 5.60 Å². The van der Waals surface area contributed by atoms with Gasteiger partial charge in [-0.15, -0.1) is 0 Å². The smallest absolute Gasteiger partial charge is 0.168 e. The molecule has 2 rings (SSSR count). The lowest BCUT2D eigenvalue weighted by Crippen LogP contribution is -2.42. The first-order chi connectivity index (χ1) is 10.0. The van der Waals surface area contributed by atoms with E-state index in [4.69, 9.17) is 4.74 Å². The molecule has 0 aliphatic carbocycles.